The van der Waals surface area contributed by atoms with Crippen LogP contribution in [0.4, 0.5) is 0 Å². The Hall–Kier alpha value is -1.48. The Labute approximate surface area is 94.8 Å². The SMILES string of the molecule is COc1ccc2cc(CNC3CC3)[nH]c2c1. The van der Waals surface area contributed by atoms with Gasteiger partial charge in [0.2, 0.25) is 0 Å². The van der Waals surface area contributed by atoms with Crippen LogP contribution < -0.4 is 10.1 Å². The van der Waals surface area contributed by atoms with Crippen molar-refractivity contribution in [1.82, 2.24) is 10.3 Å². The molecule has 0 amide bonds. The van der Waals surface area contributed by atoms with Crippen LogP contribution in [0.5, 0.6) is 5.75 Å². The fraction of sp³-hybridized carbons (Fsp3) is 0.385. The van der Waals surface area contributed by atoms with E-state index in [4.69, 9.17) is 4.74 Å². The molecule has 0 bridgehead atoms. The topological polar surface area (TPSA) is 37.0 Å². The summed E-state index contributed by atoms with van der Waals surface area (Å²) in [5.74, 6) is 0.899. The lowest BCUT2D eigenvalue weighted by molar-refractivity contribution is 0.415. The van der Waals surface area contributed by atoms with Crippen molar-refractivity contribution < 1.29 is 4.74 Å². The summed E-state index contributed by atoms with van der Waals surface area (Å²) >= 11 is 0. The number of aromatic nitrogens is 1. The first-order valence-corrected chi connectivity index (χ1v) is 5.74. The predicted octanol–water partition coefficient (Wildman–Crippen LogP) is 2.43. The van der Waals surface area contributed by atoms with Crippen LogP contribution in [0.1, 0.15) is 18.5 Å². The molecule has 1 fully saturated rings. The number of aromatic amines is 1. The highest BCUT2D eigenvalue weighted by atomic mass is 16.5. The van der Waals surface area contributed by atoms with E-state index in [-0.39, 0.29) is 0 Å². The van der Waals surface area contributed by atoms with Gasteiger partial charge in [-0.1, -0.05) is 0 Å². The van der Waals surface area contributed by atoms with Crippen molar-refractivity contribution in [1.29, 1.82) is 0 Å². The molecule has 1 saturated carbocycles. The zero-order valence-corrected chi connectivity index (χ0v) is 9.42. The second-order valence-electron chi connectivity index (χ2n) is 4.40. The summed E-state index contributed by atoms with van der Waals surface area (Å²) in [6.07, 6.45) is 2.65. The van der Waals surface area contributed by atoms with E-state index in [0.29, 0.717) is 0 Å². The van der Waals surface area contributed by atoms with E-state index in [1.165, 1.54) is 23.9 Å². The molecule has 16 heavy (non-hydrogen) atoms. The average Bonchev–Trinajstić information content (AvgIpc) is 3.04. The number of H-pyrrole nitrogens is 1. The molecule has 0 spiro atoms. The first-order chi connectivity index (χ1) is 7.85. The standard InChI is InChI=1S/C13H16N2O/c1-16-12-5-2-9-6-11(15-13(9)7-12)8-14-10-3-4-10/h2,5-7,10,14-15H,3-4,8H2,1H3. The van der Waals surface area contributed by atoms with Gasteiger partial charge < -0.3 is 15.0 Å². The molecule has 0 radical (unpaired) electrons. The Morgan fingerprint density at radius 2 is 2.25 bits per heavy atom. The molecule has 1 heterocycles. The smallest absolute Gasteiger partial charge is 0.120 e. The predicted molar refractivity (Wildman–Crippen MR) is 64.7 cm³/mol. The van der Waals surface area contributed by atoms with E-state index in [0.717, 1.165) is 23.9 Å². The molecule has 0 saturated heterocycles. The highest BCUT2D eigenvalue weighted by molar-refractivity contribution is 5.81. The molecule has 3 heteroatoms. The van der Waals surface area contributed by atoms with Crippen molar-refractivity contribution in [3.05, 3.63) is 30.0 Å². The molecule has 0 aliphatic heterocycles. The van der Waals surface area contributed by atoms with Crippen LogP contribution in [0, 0.1) is 0 Å². The van der Waals surface area contributed by atoms with Gasteiger partial charge in [-0.25, -0.2) is 0 Å². The lowest BCUT2D eigenvalue weighted by atomic mass is 10.2. The van der Waals surface area contributed by atoms with Crippen LogP contribution in [0.25, 0.3) is 10.9 Å². The summed E-state index contributed by atoms with van der Waals surface area (Å²) in [7, 11) is 1.69. The van der Waals surface area contributed by atoms with Gasteiger partial charge >= 0.3 is 0 Å². The average molecular weight is 216 g/mol. The van der Waals surface area contributed by atoms with Crippen molar-refractivity contribution in [2.45, 2.75) is 25.4 Å². The fourth-order valence-corrected chi connectivity index (χ4v) is 1.93. The lowest BCUT2D eigenvalue weighted by Crippen LogP contribution is -2.15. The molecule has 3 rings (SSSR count). The van der Waals surface area contributed by atoms with Gasteiger partial charge in [-0.3, -0.25) is 0 Å². The molecule has 2 N–H and O–H groups in total. The van der Waals surface area contributed by atoms with Crippen LogP contribution in [0.2, 0.25) is 0 Å². The van der Waals surface area contributed by atoms with Gasteiger partial charge in [0, 0.05) is 29.9 Å². The van der Waals surface area contributed by atoms with Gasteiger partial charge in [0.15, 0.2) is 0 Å². The maximum Gasteiger partial charge on any atom is 0.120 e. The maximum absolute atomic E-state index is 5.20. The van der Waals surface area contributed by atoms with E-state index in [9.17, 15) is 0 Å². The monoisotopic (exact) mass is 216 g/mol. The molecule has 1 aromatic carbocycles. The van der Waals surface area contributed by atoms with Crippen molar-refractivity contribution in [2.24, 2.45) is 0 Å². The third-order valence-electron chi connectivity index (χ3n) is 3.04. The molecule has 2 aromatic rings. The quantitative estimate of drug-likeness (QED) is 0.823. The van der Waals surface area contributed by atoms with Crippen molar-refractivity contribution in [3.63, 3.8) is 0 Å². The summed E-state index contributed by atoms with van der Waals surface area (Å²) in [6, 6.07) is 9.07. The van der Waals surface area contributed by atoms with Gasteiger partial charge in [0.25, 0.3) is 0 Å². The second kappa shape index (κ2) is 3.83. The van der Waals surface area contributed by atoms with Gasteiger partial charge in [0.1, 0.15) is 5.75 Å². The zero-order chi connectivity index (χ0) is 11.0. The van der Waals surface area contributed by atoms with Crippen LogP contribution >= 0.6 is 0 Å². The third-order valence-corrected chi connectivity index (χ3v) is 3.04. The number of ether oxygens (including phenoxy) is 1. The molecule has 0 atom stereocenters. The Bertz CT molecular complexity index is 500. The minimum absolute atomic E-state index is 0.751. The Morgan fingerprint density at radius 3 is 3.00 bits per heavy atom. The highest BCUT2D eigenvalue weighted by Gasteiger charge is 2.20. The van der Waals surface area contributed by atoms with Crippen molar-refractivity contribution in [2.75, 3.05) is 7.11 Å². The van der Waals surface area contributed by atoms with E-state index in [1.54, 1.807) is 7.11 Å². The van der Waals surface area contributed by atoms with E-state index in [2.05, 4.69) is 22.4 Å². The molecule has 1 aromatic heterocycles. The van der Waals surface area contributed by atoms with Crippen molar-refractivity contribution in [3.8, 4) is 5.75 Å². The number of hydrogen-bond donors (Lipinski definition) is 2. The largest absolute Gasteiger partial charge is 0.497 e. The Balaban J connectivity index is 1.83. The molecule has 3 nitrogen and oxygen atoms in total. The number of hydrogen-bond acceptors (Lipinski definition) is 2. The fourth-order valence-electron chi connectivity index (χ4n) is 1.93. The van der Waals surface area contributed by atoms with E-state index < -0.39 is 0 Å². The number of nitrogens with one attached hydrogen (secondary N) is 2. The number of benzene rings is 1. The van der Waals surface area contributed by atoms with E-state index >= 15 is 0 Å². The number of rotatable bonds is 4. The highest BCUT2D eigenvalue weighted by Crippen LogP contribution is 2.22. The van der Waals surface area contributed by atoms with Crippen LogP contribution in [-0.4, -0.2) is 18.1 Å². The minimum Gasteiger partial charge on any atom is -0.497 e. The summed E-state index contributed by atoms with van der Waals surface area (Å²) in [5, 5.41) is 4.74. The van der Waals surface area contributed by atoms with Crippen molar-refractivity contribution >= 4 is 10.9 Å². The zero-order valence-electron chi connectivity index (χ0n) is 9.42. The summed E-state index contributed by atoms with van der Waals surface area (Å²) in [6.45, 7) is 0.932. The number of methoxy groups -OCH3 is 1. The van der Waals surface area contributed by atoms with Gasteiger partial charge in [0.05, 0.1) is 7.11 Å². The first kappa shape index (κ1) is 9.73. The molecule has 1 aliphatic rings. The van der Waals surface area contributed by atoms with Gasteiger partial charge in [-0.05, 0) is 36.4 Å². The third kappa shape index (κ3) is 1.91. The number of fused-ring (bicyclic) bond motifs is 1. The molecule has 84 valence electrons. The molecule has 1 aliphatic carbocycles. The Kier molecular flexibility index (Phi) is 2.33. The van der Waals surface area contributed by atoms with Crippen LogP contribution in [0.15, 0.2) is 24.3 Å². The molecular formula is C13H16N2O. The van der Waals surface area contributed by atoms with Crippen LogP contribution in [0.3, 0.4) is 0 Å². The maximum atomic E-state index is 5.20. The minimum atomic E-state index is 0.751. The lowest BCUT2D eigenvalue weighted by Gasteiger charge is -1.99. The Morgan fingerprint density at radius 1 is 1.38 bits per heavy atom. The van der Waals surface area contributed by atoms with Gasteiger partial charge in [-0.2, -0.15) is 0 Å². The van der Waals surface area contributed by atoms with Crippen LogP contribution in [-0.2, 0) is 6.54 Å². The van der Waals surface area contributed by atoms with Gasteiger partial charge in [-0.15, -0.1) is 0 Å². The summed E-state index contributed by atoms with van der Waals surface area (Å²) in [4.78, 5) is 3.41. The first-order valence-electron chi connectivity index (χ1n) is 5.74. The molecule has 0 unspecified atom stereocenters. The second-order valence-corrected chi connectivity index (χ2v) is 4.40. The normalized spacial score (nSPS) is 15.6. The van der Waals surface area contributed by atoms with E-state index in [1.807, 2.05) is 12.1 Å². The molecular weight excluding hydrogens is 200 g/mol. The summed E-state index contributed by atoms with van der Waals surface area (Å²) in [5.41, 5.74) is 2.39. The summed E-state index contributed by atoms with van der Waals surface area (Å²) < 4.78 is 5.20.